The summed E-state index contributed by atoms with van der Waals surface area (Å²) in [7, 11) is 3.04. The van der Waals surface area contributed by atoms with Gasteiger partial charge in [0.1, 0.15) is 12.3 Å². The monoisotopic (exact) mass is 440 g/mol. The lowest BCUT2D eigenvalue weighted by molar-refractivity contribution is -0.138. The number of pyridine rings is 1. The van der Waals surface area contributed by atoms with Crippen LogP contribution in [0.2, 0.25) is 0 Å². The Morgan fingerprint density at radius 1 is 1.09 bits per heavy atom. The Bertz CT molecular complexity index is 936. The number of carbonyl (C=O) groups is 1. The van der Waals surface area contributed by atoms with Gasteiger partial charge in [-0.3, -0.25) is 9.78 Å². The molecule has 32 heavy (non-hydrogen) atoms. The number of aryl methyl sites for hydroxylation is 1. The summed E-state index contributed by atoms with van der Waals surface area (Å²) in [5, 5.41) is 3.20. The first kappa shape index (κ1) is 24.1. The van der Waals surface area contributed by atoms with Crippen molar-refractivity contribution in [2.75, 3.05) is 32.9 Å². The molecule has 1 aromatic carbocycles. The summed E-state index contributed by atoms with van der Waals surface area (Å²) in [5.74, 6) is 1.01. The SMILES string of the molecule is COCOc1ccc(Cc2c(C)cc(NCC(=O)OC)c(C)c2C)nc1C1CCCCC1. The molecule has 0 amide bonds. The Labute approximate surface area is 191 Å². The molecule has 1 aromatic heterocycles. The summed E-state index contributed by atoms with van der Waals surface area (Å²) in [6.07, 6.45) is 6.89. The molecular formula is C26H36N2O4. The molecule has 1 heterocycles. The zero-order chi connectivity index (χ0) is 23.1. The van der Waals surface area contributed by atoms with Gasteiger partial charge in [0.25, 0.3) is 0 Å². The predicted octanol–water partition coefficient (Wildman–Crippen LogP) is 5.21. The number of nitrogens with zero attached hydrogens (tertiary/aromatic N) is 1. The van der Waals surface area contributed by atoms with Gasteiger partial charge in [0, 0.05) is 30.8 Å². The van der Waals surface area contributed by atoms with Crippen LogP contribution in [0.15, 0.2) is 18.2 Å². The van der Waals surface area contributed by atoms with E-state index in [4.69, 9.17) is 19.2 Å². The second-order valence-electron chi connectivity index (χ2n) is 8.65. The molecule has 6 nitrogen and oxygen atoms in total. The van der Waals surface area contributed by atoms with E-state index in [-0.39, 0.29) is 19.3 Å². The predicted molar refractivity (Wildman–Crippen MR) is 127 cm³/mol. The lowest BCUT2D eigenvalue weighted by atomic mass is 9.86. The Kier molecular flexibility index (Phi) is 8.51. The van der Waals surface area contributed by atoms with Crippen LogP contribution in [0.1, 0.15) is 71.7 Å². The number of methoxy groups -OCH3 is 2. The second-order valence-corrected chi connectivity index (χ2v) is 8.65. The van der Waals surface area contributed by atoms with E-state index in [1.807, 2.05) is 0 Å². The van der Waals surface area contributed by atoms with E-state index in [0.717, 1.165) is 47.7 Å². The summed E-state index contributed by atoms with van der Waals surface area (Å²) in [6, 6.07) is 6.22. The highest BCUT2D eigenvalue weighted by Gasteiger charge is 2.22. The maximum Gasteiger partial charge on any atom is 0.325 e. The van der Waals surface area contributed by atoms with Gasteiger partial charge in [-0.15, -0.1) is 0 Å². The molecule has 0 atom stereocenters. The van der Waals surface area contributed by atoms with Crippen molar-refractivity contribution in [3.63, 3.8) is 0 Å². The lowest BCUT2D eigenvalue weighted by Gasteiger charge is -2.24. The summed E-state index contributed by atoms with van der Waals surface area (Å²) in [5.41, 5.74) is 7.91. The largest absolute Gasteiger partial charge is 0.468 e. The van der Waals surface area contributed by atoms with E-state index >= 15 is 0 Å². The van der Waals surface area contributed by atoms with E-state index in [2.05, 4.69) is 44.3 Å². The maximum absolute atomic E-state index is 11.5. The van der Waals surface area contributed by atoms with Gasteiger partial charge in [-0.2, -0.15) is 0 Å². The van der Waals surface area contributed by atoms with Crippen LogP contribution in [0.3, 0.4) is 0 Å². The first-order chi connectivity index (χ1) is 15.4. The minimum absolute atomic E-state index is 0.158. The quantitative estimate of drug-likeness (QED) is 0.426. The lowest BCUT2D eigenvalue weighted by Crippen LogP contribution is -2.16. The number of rotatable bonds is 9. The zero-order valence-corrected chi connectivity index (χ0v) is 20.0. The third-order valence-corrected chi connectivity index (χ3v) is 6.53. The minimum atomic E-state index is -0.279. The molecule has 0 unspecified atom stereocenters. The van der Waals surface area contributed by atoms with Gasteiger partial charge < -0.3 is 19.5 Å². The van der Waals surface area contributed by atoms with Crippen LogP contribution in [0.4, 0.5) is 5.69 Å². The van der Waals surface area contributed by atoms with Crippen LogP contribution in [0.5, 0.6) is 5.75 Å². The Morgan fingerprint density at radius 3 is 2.53 bits per heavy atom. The van der Waals surface area contributed by atoms with Crippen LogP contribution in [-0.4, -0.2) is 38.5 Å². The topological polar surface area (TPSA) is 69.7 Å². The van der Waals surface area contributed by atoms with Gasteiger partial charge in [-0.25, -0.2) is 0 Å². The van der Waals surface area contributed by atoms with Crippen LogP contribution in [0.25, 0.3) is 0 Å². The van der Waals surface area contributed by atoms with Gasteiger partial charge in [0.2, 0.25) is 0 Å². The fraction of sp³-hybridized carbons (Fsp3) is 0.538. The van der Waals surface area contributed by atoms with E-state index in [9.17, 15) is 4.79 Å². The van der Waals surface area contributed by atoms with E-state index < -0.39 is 0 Å². The van der Waals surface area contributed by atoms with Crippen molar-refractivity contribution in [1.29, 1.82) is 0 Å². The van der Waals surface area contributed by atoms with Crippen molar-refractivity contribution in [3.8, 4) is 5.75 Å². The minimum Gasteiger partial charge on any atom is -0.468 e. The number of ether oxygens (including phenoxy) is 3. The van der Waals surface area contributed by atoms with Crippen molar-refractivity contribution in [2.45, 2.75) is 65.2 Å². The van der Waals surface area contributed by atoms with Gasteiger partial charge >= 0.3 is 5.97 Å². The molecule has 0 aliphatic heterocycles. The number of carbonyl (C=O) groups excluding carboxylic acids is 1. The number of esters is 1. The van der Waals surface area contributed by atoms with E-state index in [1.54, 1.807) is 7.11 Å². The standard InChI is InChI=1S/C26H36N2O4/c1-17-13-23(27-15-25(29)31-5)19(3)18(2)22(17)14-21-11-12-24(32-16-30-4)26(28-21)20-9-7-6-8-10-20/h11-13,20,27H,6-10,14-16H2,1-5H3. The first-order valence-electron chi connectivity index (χ1n) is 11.5. The number of hydrogen-bond acceptors (Lipinski definition) is 6. The number of anilines is 1. The fourth-order valence-corrected chi connectivity index (χ4v) is 4.53. The molecule has 0 spiro atoms. The summed E-state index contributed by atoms with van der Waals surface area (Å²) >= 11 is 0. The molecule has 1 aliphatic rings. The highest BCUT2D eigenvalue weighted by Crippen LogP contribution is 2.37. The van der Waals surface area contributed by atoms with E-state index in [1.165, 1.54) is 43.1 Å². The third kappa shape index (κ3) is 5.80. The molecule has 1 saturated carbocycles. The molecule has 0 radical (unpaired) electrons. The summed E-state index contributed by atoms with van der Waals surface area (Å²) in [6.45, 7) is 6.73. The van der Waals surface area contributed by atoms with Crippen molar-refractivity contribution in [2.24, 2.45) is 0 Å². The highest BCUT2D eigenvalue weighted by molar-refractivity contribution is 5.75. The van der Waals surface area contributed by atoms with Gasteiger partial charge in [-0.05, 0) is 74.1 Å². The molecule has 2 aromatic rings. The molecule has 6 heteroatoms. The average molecular weight is 441 g/mol. The summed E-state index contributed by atoms with van der Waals surface area (Å²) in [4.78, 5) is 16.6. The van der Waals surface area contributed by atoms with Crippen LogP contribution >= 0.6 is 0 Å². The fourth-order valence-electron chi connectivity index (χ4n) is 4.53. The van der Waals surface area contributed by atoms with Crippen LogP contribution in [0, 0.1) is 20.8 Å². The second kappa shape index (κ2) is 11.3. The first-order valence-corrected chi connectivity index (χ1v) is 11.5. The average Bonchev–Trinajstić information content (AvgIpc) is 2.82. The zero-order valence-electron chi connectivity index (χ0n) is 20.0. The molecule has 1 fully saturated rings. The highest BCUT2D eigenvalue weighted by atomic mass is 16.7. The Balaban J connectivity index is 1.87. The summed E-state index contributed by atoms with van der Waals surface area (Å²) < 4.78 is 15.7. The molecule has 0 bridgehead atoms. The van der Waals surface area contributed by atoms with Crippen molar-refractivity contribution in [1.82, 2.24) is 4.98 Å². The molecule has 174 valence electrons. The van der Waals surface area contributed by atoms with Crippen molar-refractivity contribution >= 4 is 11.7 Å². The molecule has 3 rings (SSSR count). The third-order valence-electron chi connectivity index (χ3n) is 6.53. The smallest absolute Gasteiger partial charge is 0.325 e. The van der Waals surface area contributed by atoms with Crippen LogP contribution in [-0.2, 0) is 20.7 Å². The van der Waals surface area contributed by atoms with Gasteiger partial charge in [0.15, 0.2) is 6.79 Å². The number of hydrogen-bond donors (Lipinski definition) is 1. The molecule has 0 saturated heterocycles. The van der Waals surface area contributed by atoms with E-state index in [0.29, 0.717) is 5.92 Å². The van der Waals surface area contributed by atoms with Crippen LogP contribution < -0.4 is 10.1 Å². The molecule has 1 N–H and O–H groups in total. The number of nitrogens with one attached hydrogen (secondary N) is 1. The molecule has 1 aliphatic carbocycles. The van der Waals surface area contributed by atoms with Crippen molar-refractivity contribution < 1.29 is 19.0 Å². The normalized spacial score (nSPS) is 14.3. The molecular weight excluding hydrogens is 404 g/mol. The number of aromatic nitrogens is 1. The Morgan fingerprint density at radius 2 is 1.84 bits per heavy atom. The van der Waals surface area contributed by atoms with Gasteiger partial charge in [0.05, 0.1) is 12.8 Å². The Hall–Kier alpha value is -2.60. The maximum atomic E-state index is 11.5. The van der Waals surface area contributed by atoms with Gasteiger partial charge in [-0.1, -0.05) is 19.3 Å². The number of benzene rings is 1. The van der Waals surface area contributed by atoms with Crippen molar-refractivity contribution in [3.05, 3.63) is 51.8 Å².